The fraction of sp³-hybridized carbons (Fsp3) is 0.417. The minimum absolute atomic E-state index is 0.0298. The van der Waals surface area contributed by atoms with Crippen LogP contribution in [0, 0.1) is 12.7 Å². The molecule has 0 saturated carbocycles. The quantitative estimate of drug-likeness (QED) is 0.668. The highest BCUT2D eigenvalue weighted by Crippen LogP contribution is 2.17. The van der Waals surface area contributed by atoms with E-state index in [0.29, 0.717) is 5.56 Å². The van der Waals surface area contributed by atoms with Crippen LogP contribution in [0.3, 0.4) is 0 Å². The fourth-order valence-electron chi connectivity index (χ4n) is 1.40. The number of anilines is 1. The number of nitrogens with one attached hydrogen (secondary N) is 1. The van der Waals surface area contributed by atoms with Gasteiger partial charge in [-0.3, -0.25) is 4.79 Å². The zero-order valence-electron chi connectivity index (χ0n) is 10.4. The summed E-state index contributed by atoms with van der Waals surface area (Å²) in [6, 6.07) is 2.51. The van der Waals surface area contributed by atoms with E-state index in [0.717, 1.165) is 6.07 Å². The average Bonchev–Trinajstić information content (AvgIpc) is 2.32. The van der Waals surface area contributed by atoms with Gasteiger partial charge in [-0.15, -0.1) is 0 Å². The normalized spacial score (nSPS) is 12.2. The number of aliphatic hydroxyl groups excluding tert-OH is 1. The second-order valence-electron chi connectivity index (χ2n) is 3.99. The summed E-state index contributed by atoms with van der Waals surface area (Å²) in [5.41, 5.74) is 6.23. The van der Waals surface area contributed by atoms with Crippen LogP contribution in [-0.4, -0.2) is 37.4 Å². The maximum Gasteiger partial charge on any atom is 0.251 e. The molecule has 0 fully saturated rings. The first kappa shape index (κ1) is 14.4. The monoisotopic (exact) mass is 256 g/mol. The van der Waals surface area contributed by atoms with E-state index in [1.807, 2.05) is 0 Å². The van der Waals surface area contributed by atoms with Gasteiger partial charge in [-0.1, -0.05) is 0 Å². The summed E-state index contributed by atoms with van der Waals surface area (Å²) in [5, 5.41) is 11.8. The van der Waals surface area contributed by atoms with Crippen LogP contribution in [0.2, 0.25) is 0 Å². The summed E-state index contributed by atoms with van der Waals surface area (Å²) in [6.07, 6.45) is -0.799. The van der Waals surface area contributed by atoms with Gasteiger partial charge in [0, 0.05) is 30.5 Å². The number of halogens is 1. The first-order chi connectivity index (χ1) is 8.45. The van der Waals surface area contributed by atoms with Gasteiger partial charge in [0.15, 0.2) is 0 Å². The molecule has 18 heavy (non-hydrogen) atoms. The van der Waals surface area contributed by atoms with Crippen LogP contribution in [0.4, 0.5) is 10.1 Å². The second-order valence-corrected chi connectivity index (χ2v) is 3.99. The second kappa shape index (κ2) is 6.32. The predicted molar refractivity (Wildman–Crippen MR) is 65.8 cm³/mol. The van der Waals surface area contributed by atoms with Gasteiger partial charge in [0.05, 0.1) is 12.7 Å². The molecule has 6 heteroatoms. The van der Waals surface area contributed by atoms with Crippen molar-refractivity contribution in [2.45, 2.75) is 13.0 Å². The molecule has 0 aliphatic rings. The molecule has 0 aliphatic heterocycles. The molecule has 1 unspecified atom stereocenters. The van der Waals surface area contributed by atoms with Gasteiger partial charge in [-0.25, -0.2) is 4.39 Å². The molecule has 0 spiro atoms. The third-order valence-corrected chi connectivity index (χ3v) is 2.50. The van der Waals surface area contributed by atoms with E-state index in [4.69, 9.17) is 10.5 Å². The third kappa shape index (κ3) is 3.68. The van der Waals surface area contributed by atoms with Crippen LogP contribution in [0.1, 0.15) is 15.9 Å². The summed E-state index contributed by atoms with van der Waals surface area (Å²) < 4.78 is 18.1. The minimum Gasteiger partial charge on any atom is -0.398 e. The Morgan fingerprint density at radius 1 is 1.61 bits per heavy atom. The lowest BCUT2D eigenvalue weighted by molar-refractivity contribution is 0.0609. The number of ether oxygens (including phenoxy) is 1. The van der Waals surface area contributed by atoms with Crippen LogP contribution in [0.15, 0.2) is 12.1 Å². The van der Waals surface area contributed by atoms with Crippen molar-refractivity contribution in [1.82, 2.24) is 5.32 Å². The highest BCUT2D eigenvalue weighted by atomic mass is 19.1. The number of nitrogens with two attached hydrogens (primary N) is 1. The van der Waals surface area contributed by atoms with E-state index in [1.165, 1.54) is 20.1 Å². The molecule has 1 atom stereocenters. The number of nitrogen functional groups attached to an aromatic ring is 1. The predicted octanol–water partition coefficient (Wildman–Crippen LogP) is 0.453. The Kier molecular flexibility index (Phi) is 5.06. The van der Waals surface area contributed by atoms with E-state index in [2.05, 4.69) is 5.32 Å². The molecule has 0 radical (unpaired) electrons. The van der Waals surface area contributed by atoms with Crippen molar-refractivity contribution in [3.05, 3.63) is 29.1 Å². The van der Waals surface area contributed by atoms with Crippen LogP contribution in [0.5, 0.6) is 0 Å². The highest BCUT2D eigenvalue weighted by Gasteiger charge is 2.12. The minimum atomic E-state index is -0.799. The third-order valence-electron chi connectivity index (χ3n) is 2.50. The Balaban J connectivity index is 2.67. The molecule has 100 valence electrons. The number of benzene rings is 1. The van der Waals surface area contributed by atoms with E-state index >= 15 is 0 Å². The van der Waals surface area contributed by atoms with Crippen LogP contribution >= 0.6 is 0 Å². The standard InChI is InChI=1S/C12H17FN2O3/c1-7-10(13)3-8(4-11(7)14)12(17)15-5-9(16)6-18-2/h3-4,9,16H,5-6,14H2,1-2H3,(H,15,17). The smallest absolute Gasteiger partial charge is 0.251 e. The molecule has 1 amide bonds. The van der Waals surface area contributed by atoms with Crippen LogP contribution in [-0.2, 0) is 4.74 Å². The maximum absolute atomic E-state index is 13.4. The Morgan fingerprint density at radius 2 is 2.28 bits per heavy atom. The first-order valence-corrected chi connectivity index (χ1v) is 5.46. The molecule has 1 aromatic carbocycles. The van der Waals surface area contributed by atoms with Gasteiger partial charge in [-0.2, -0.15) is 0 Å². The van der Waals surface area contributed by atoms with Gasteiger partial charge in [0.1, 0.15) is 5.82 Å². The summed E-state index contributed by atoms with van der Waals surface area (Å²) in [5.74, 6) is -1.02. The molecule has 0 aliphatic carbocycles. The van der Waals surface area contributed by atoms with Crippen molar-refractivity contribution in [1.29, 1.82) is 0 Å². The Morgan fingerprint density at radius 3 is 2.83 bits per heavy atom. The van der Waals surface area contributed by atoms with Crippen molar-refractivity contribution >= 4 is 11.6 Å². The van der Waals surface area contributed by atoms with E-state index in [1.54, 1.807) is 0 Å². The average molecular weight is 256 g/mol. The number of aliphatic hydroxyl groups is 1. The molecule has 5 nitrogen and oxygen atoms in total. The van der Waals surface area contributed by atoms with Gasteiger partial charge >= 0.3 is 0 Å². The molecule has 0 heterocycles. The molecule has 1 rings (SSSR count). The number of amides is 1. The summed E-state index contributed by atoms with van der Waals surface area (Å²) in [6.45, 7) is 1.68. The maximum atomic E-state index is 13.4. The molecular weight excluding hydrogens is 239 g/mol. The van der Waals surface area contributed by atoms with Gasteiger partial charge in [0.25, 0.3) is 5.91 Å². The number of rotatable bonds is 5. The SMILES string of the molecule is COCC(O)CNC(=O)c1cc(N)c(C)c(F)c1. The van der Waals surface area contributed by atoms with Gasteiger partial charge in [-0.05, 0) is 19.1 Å². The van der Waals surface area contributed by atoms with E-state index in [9.17, 15) is 14.3 Å². The Labute approximate surface area is 105 Å². The van der Waals surface area contributed by atoms with Crippen molar-refractivity contribution < 1.29 is 19.0 Å². The van der Waals surface area contributed by atoms with Crippen molar-refractivity contribution in [2.24, 2.45) is 0 Å². The molecule has 0 aromatic heterocycles. The van der Waals surface area contributed by atoms with Gasteiger partial charge in [0.2, 0.25) is 0 Å². The van der Waals surface area contributed by atoms with Crippen LogP contribution < -0.4 is 11.1 Å². The van der Waals surface area contributed by atoms with E-state index < -0.39 is 17.8 Å². The first-order valence-electron chi connectivity index (χ1n) is 5.46. The number of hydrogen-bond acceptors (Lipinski definition) is 4. The summed E-state index contributed by atoms with van der Waals surface area (Å²) in [7, 11) is 1.45. The molecule has 1 aromatic rings. The van der Waals surface area contributed by atoms with E-state index in [-0.39, 0.29) is 24.4 Å². The van der Waals surface area contributed by atoms with Crippen LogP contribution in [0.25, 0.3) is 0 Å². The number of carbonyl (C=O) groups excluding carboxylic acids is 1. The zero-order chi connectivity index (χ0) is 13.7. The lowest BCUT2D eigenvalue weighted by Crippen LogP contribution is -2.34. The summed E-state index contributed by atoms with van der Waals surface area (Å²) in [4.78, 5) is 11.7. The van der Waals surface area contributed by atoms with Crippen molar-refractivity contribution in [2.75, 3.05) is 26.0 Å². The van der Waals surface area contributed by atoms with Crippen molar-refractivity contribution in [3.63, 3.8) is 0 Å². The molecule has 0 bridgehead atoms. The number of methoxy groups -OCH3 is 1. The number of hydrogen-bond donors (Lipinski definition) is 3. The van der Waals surface area contributed by atoms with Crippen molar-refractivity contribution in [3.8, 4) is 0 Å². The zero-order valence-corrected chi connectivity index (χ0v) is 10.4. The lowest BCUT2D eigenvalue weighted by atomic mass is 10.1. The van der Waals surface area contributed by atoms with Gasteiger partial charge < -0.3 is 20.9 Å². The molecular formula is C12H17FN2O3. The lowest BCUT2D eigenvalue weighted by Gasteiger charge is -2.11. The largest absolute Gasteiger partial charge is 0.398 e. The highest BCUT2D eigenvalue weighted by molar-refractivity contribution is 5.95. The Bertz CT molecular complexity index is 414. The number of carbonyl (C=O) groups is 1. The molecule has 4 N–H and O–H groups in total. The summed E-state index contributed by atoms with van der Waals surface area (Å²) >= 11 is 0. The molecule has 0 saturated heterocycles. The Hall–Kier alpha value is -1.66. The fourth-order valence-corrected chi connectivity index (χ4v) is 1.40. The topological polar surface area (TPSA) is 84.6 Å².